The maximum Gasteiger partial charge on any atom is 0.120 e. The third-order valence-corrected chi connectivity index (χ3v) is 2.83. The molecular formula is C12H22N2O. The normalized spacial score (nSPS) is 15.5. The third-order valence-electron chi connectivity index (χ3n) is 2.83. The molecule has 1 rings (SSSR count). The van der Waals surface area contributed by atoms with Gasteiger partial charge >= 0.3 is 0 Å². The molecule has 1 aromatic heterocycles. The molecule has 0 aromatic carbocycles. The van der Waals surface area contributed by atoms with Crippen molar-refractivity contribution in [3.8, 4) is 0 Å². The second-order valence-corrected chi connectivity index (χ2v) is 4.17. The maximum absolute atomic E-state index is 5.35. The minimum atomic E-state index is 0.286. The van der Waals surface area contributed by atoms with Gasteiger partial charge in [-0.15, -0.1) is 0 Å². The molecule has 2 atom stereocenters. The van der Waals surface area contributed by atoms with E-state index in [2.05, 4.69) is 38.2 Å². The van der Waals surface area contributed by atoms with Gasteiger partial charge in [0.25, 0.3) is 0 Å². The molecule has 0 bridgehead atoms. The van der Waals surface area contributed by atoms with Crippen LogP contribution in [0, 0.1) is 0 Å². The summed E-state index contributed by atoms with van der Waals surface area (Å²) in [5.41, 5.74) is 0. The first-order chi connectivity index (χ1) is 7.15. The minimum Gasteiger partial charge on any atom is -0.468 e. The average Bonchev–Trinajstić information content (AvgIpc) is 2.70. The molecule has 2 unspecified atom stereocenters. The SMILES string of the molecule is CCC(CNC(C)c1ccco1)N(C)C. The lowest BCUT2D eigenvalue weighted by atomic mass is 10.2. The van der Waals surface area contributed by atoms with Crippen molar-refractivity contribution in [2.24, 2.45) is 0 Å². The van der Waals surface area contributed by atoms with E-state index in [0.29, 0.717) is 6.04 Å². The molecule has 1 N–H and O–H groups in total. The summed E-state index contributed by atoms with van der Waals surface area (Å²) in [4.78, 5) is 2.25. The Kier molecular flexibility index (Phi) is 4.85. The maximum atomic E-state index is 5.35. The van der Waals surface area contributed by atoms with E-state index >= 15 is 0 Å². The van der Waals surface area contributed by atoms with Crippen LogP contribution in [0.5, 0.6) is 0 Å². The van der Waals surface area contributed by atoms with E-state index in [9.17, 15) is 0 Å². The molecule has 3 heteroatoms. The van der Waals surface area contributed by atoms with E-state index in [4.69, 9.17) is 4.42 Å². The van der Waals surface area contributed by atoms with Gasteiger partial charge in [0, 0.05) is 12.6 Å². The van der Waals surface area contributed by atoms with Crippen molar-refractivity contribution in [3.63, 3.8) is 0 Å². The average molecular weight is 210 g/mol. The number of nitrogens with one attached hydrogen (secondary N) is 1. The van der Waals surface area contributed by atoms with Crippen LogP contribution in [0.3, 0.4) is 0 Å². The lowest BCUT2D eigenvalue weighted by Gasteiger charge is -2.24. The molecule has 0 fully saturated rings. The summed E-state index contributed by atoms with van der Waals surface area (Å²) >= 11 is 0. The summed E-state index contributed by atoms with van der Waals surface area (Å²) in [5, 5.41) is 3.48. The molecule has 15 heavy (non-hydrogen) atoms. The van der Waals surface area contributed by atoms with Crippen LogP contribution in [0.15, 0.2) is 22.8 Å². The monoisotopic (exact) mass is 210 g/mol. The number of hydrogen-bond donors (Lipinski definition) is 1. The predicted molar refractivity (Wildman–Crippen MR) is 62.9 cm³/mol. The fraction of sp³-hybridized carbons (Fsp3) is 0.667. The number of likely N-dealkylation sites (N-methyl/N-ethyl adjacent to an activating group) is 1. The van der Waals surface area contributed by atoms with E-state index in [-0.39, 0.29) is 6.04 Å². The van der Waals surface area contributed by atoms with Gasteiger partial charge in [0.1, 0.15) is 5.76 Å². The van der Waals surface area contributed by atoms with Gasteiger partial charge in [0.15, 0.2) is 0 Å². The lowest BCUT2D eigenvalue weighted by Crippen LogP contribution is -2.38. The predicted octanol–water partition coefficient (Wildman–Crippen LogP) is 2.27. The van der Waals surface area contributed by atoms with Crippen LogP contribution in [-0.2, 0) is 0 Å². The van der Waals surface area contributed by atoms with Crippen molar-refractivity contribution < 1.29 is 4.42 Å². The molecule has 1 heterocycles. The summed E-state index contributed by atoms with van der Waals surface area (Å²) in [6, 6.07) is 4.81. The molecule has 1 aromatic rings. The van der Waals surface area contributed by atoms with Crippen molar-refractivity contribution in [3.05, 3.63) is 24.2 Å². The smallest absolute Gasteiger partial charge is 0.120 e. The molecular weight excluding hydrogens is 188 g/mol. The Labute approximate surface area is 92.5 Å². The van der Waals surface area contributed by atoms with Crippen molar-refractivity contribution in [1.82, 2.24) is 10.2 Å². The number of furan rings is 1. The van der Waals surface area contributed by atoms with E-state index < -0.39 is 0 Å². The Hall–Kier alpha value is -0.800. The minimum absolute atomic E-state index is 0.286. The molecule has 3 nitrogen and oxygen atoms in total. The van der Waals surface area contributed by atoms with Gasteiger partial charge in [-0.3, -0.25) is 0 Å². The van der Waals surface area contributed by atoms with Crippen LogP contribution in [0.1, 0.15) is 32.1 Å². The summed E-state index contributed by atoms with van der Waals surface area (Å²) in [6.45, 7) is 5.33. The summed E-state index contributed by atoms with van der Waals surface area (Å²) in [7, 11) is 4.24. The van der Waals surface area contributed by atoms with E-state index in [1.807, 2.05) is 12.1 Å². The van der Waals surface area contributed by atoms with Crippen LogP contribution >= 0.6 is 0 Å². The first-order valence-electron chi connectivity index (χ1n) is 5.58. The van der Waals surface area contributed by atoms with Crippen molar-refractivity contribution in [1.29, 1.82) is 0 Å². The van der Waals surface area contributed by atoms with Crippen molar-refractivity contribution >= 4 is 0 Å². The number of rotatable bonds is 6. The third kappa shape index (κ3) is 3.68. The quantitative estimate of drug-likeness (QED) is 0.780. The Bertz CT molecular complexity index is 257. The molecule has 0 saturated heterocycles. The van der Waals surface area contributed by atoms with Crippen LogP contribution < -0.4 is 5.32 Å². The Morgan fingerprint density at radius 1 is 1.47 bits per heavy atom. The first kappa shape index (κ1) is 12.3. The van der Waals surface area contributed by atoms with Crippen LogP contribution in [0.4, 0.5) is 0 Å². The molecule has 0 radical (unpaired) electrons. The second kappa shape index (κ2) is 5.93. The topological polar surface area (TPSA) is 28.4 Å². The lowest BCUT2D eigenvalue weighted by molar-refractivity contribution is 0.265. The molecule has 0 amide bonds. The first-order valence-corrected chi connectivity index (χ1v) is 5.58. The number of hydrogen-bond acceptors (Lipinski definition) is 3. The Morgan fingerprint density at radius 2 is 2.20 bits per heavy atom. The van der Waals surface area contributed by atoms with Gasteiger partial charge in [0.05, 0.1) is 12.3 Å². The highest BCUT2D eigenvalue weighted by Crippen LogP contribution is 2.12. The van der Waals surface area contributed by atoms with Gasteiger partial charge < -0.3 is 14.6 Å². The van der Waals surface area contributed by atoms with Crippen LogP contribution in [0.25, 0.3) is 0 Å². The van der Waals surface area contributed by atoms with E-state index in [0.717, 1.165) is 18.7 Å². The zero-order valence-corrected chi connectivity index (χ0v) is 10.2. The molecule has 0 aliphatic carbocycles. The molecule has 0 aliphatic heterocycles. The Balaban J connectivity index is 2.36. The number of nitrogens with zero attached hydrogens (tertiary/aromatic N) is 1. The van der Waals surface area contributed by atoms with E-state index in [1.54, 1.807) is 6.26 Å². The Morgan fingerprint density at radius 3 is 2.67 bits per heavy atom. The van der Waals surface area contributed by atoms with Crippen molar-refractivity contribution in [2.75, 3.05) is 20.6 Å². The zero-order chi connectivity index (χ0) is 11.3. The molecule has 0 spiro atoms. The summed E-state index contributed by atoms with van der Waals surface area (Å²) in [5.74, 6) is 1.00. The highest BCUT2D eigenvalue weighted by atomic mass is 16.3. The fourth-order valence-corrected chi connectivity index (χ4v) is 1.64. The molecule has 0 saturated carbocycles. The standard InChI is InChI=1S/C12H22N2O/c1-5-11(14(3)4)9-13-10(2)12-7-6-8-15-12/h6-8,10-11,13H,5,9H2,1-4H3. The summed E-state index contributed by atoms with van der Waals surface area (Å²) in [6.07, 6.45) is 2.88. The van der Waals surface area contributed by atoms with Gasteiger partial charge in [-0.05, 0) is 39.6 Å². The molecule has 0 aliphatic rings. The van der Waals surface area contributed by atoms with Gasteiger partial charge in [-0.2, -0.15) is 0 Å². The second-order valence-electron chi connectivity index (χ2n) is 4.17. The van der Waals surface area contributed by atoms with Gasteiger partial charge in [-0.1, -0.05) is 6.92 Å². The van der Waals surface area contributed by atoms with Crippen molar-refractivity contribution in [2.45, 2.75) is 32.4 Å². The fourth-order valence-electron chi connectivity index (χ4n) is 1.64. The van der Waals surface area contributed by atoms with E-state index in [1.165, 1.54) is 0 Å². The van der Waals surface area contributed by atoms with Crippen LogP contribution in [0.2, 0.25) is 0 Å². The largest absolute Gasteiger partial charge is 0.468 e. The summed E-state index contributed by atoms with van der Waals surface area (Å²) < 4.78 is 5.35. The zero-order valence-electron chi connectivity index (χ0n) is 10.2. The van der Waals surface area contributed by atoms with Crippen LogP contribution in [-0.4, -0.2) is 31.6 Å². The van der Waals surface area contributed by atoms with Gasteiger partial charge in [-0.25, -0.2) is 0 Å². The van der Waals surface area contributed by atoms with Gasteiger partial charge in [0.2, 0.25) is 0 Å². The highest BCUT2D eigenvalue weighted by molar-refractivity contribution is 5.02. The molecule has 86 valence electrons. The highest BCUT2D eigenvalue weighted by Gasteiger charge is 2.12.